The Balaban J connectivity index is 1.70. The Labute approximate surface area is 149 Å². The maximum atomic E-state index is 12.8. The van der Waals surface area contributed by atoms with Crippen molar-refractivity contribution < 1.29 is 4.79 Å². The van der Waals surface area contributed by atoms with Crippen molar-refractivity contribution >= 4 is 17.7 Å². The highest BCUT2D eigenvalue weighted by Gasteiger charge is 2.55. The molecule has 6 heteroatoms. The van der Waals surface area contributed by atoms with Crippen molar-refractivity contribution in [1.82, 2.24) is 15.3 Å². The van der Waals surface area contributed by atoms with Crippen LogP contribution in [-0.2, 0) is 11.2 Å². The summed E-state index contributed by atoms with van der Waals surface area (Å²) in [5, 5.41) is 6.48. The molecule has 2 aliphatic heterocycles. The Morgan fingerprint density at radius 2 is 2.08 bits per heavy atom. The van der Waals surface area contributed by atoms with Crippen molar-refractivity contribution in [3.05, 3.63) is 11.8 Å². The molecule has 4 rings (SSSR count). The molecule has 25 heavy (non-hydrogen) atoms. The molecule has 0 bridgehead atoms. The number of carbonyl (C=O) groups excluding carboxylic acids is 1. The summed E-state index contributed by atoms with van der Waals surface area (Å²) in [6.07, 6.45) is 8.34. The highest BCUT2D eigenvalue weighted by molar-refractivity contribution is 5.94. The van der Waals surface area contributed by atoms with Crippen LogP contribution < -0.4 is 15.5 Å². The molecule has 136 valence electrons. The average molecular weight is 343 g/mol. The molecule has 0 unspecified atom stereocenters. The van der Waals surface area contributed by atoms with Crippen LogP contribution in [0.2, 0.25) is 0 Å². The summed E-state index contributed by atoms with van der Waals surface area (Å²) in [6.45, 7) is 7.29. The van der Waals surface area contributed by atoms with Crippen molar-refractivity contribution in [2.24, 2.45) is 5.92 Å². The monoisotopic (exact) mass is 343 g/mol. The largest absolute Gasteiger partial charge is 0.354 e. The lowest BCUT2D eigenvalue weighted by Crippen LogP contribution is -2.56. The first kappa shape index (κ1) is 16.6. The predicted molar refractivity (Wildman–Crippen MR) is 98.8 cm³/mol. The van der Waals surface area contributed by atoms with E-state index in [4.69, 9.17) is 4.98 Å². The number of aromatic nitrogens is 2. The standard InChI is InChI=1S/C19H29N5O/c1-12(2)13(3)22-18-21-11-14-10-19(8-9-20-17(19)25)24(16(14)23-18)15-6-4-5-7-15/h11-13,15H,4-10H2,1-3H3,(H,20,25)(H,21,22,23)/t13-,19+/m0/s1. The highest BCUT2D eigenvalue weighted by Crippen LogP contribution is 2.45. The van der Waals surface area contributed by atoms with E-state index >= 15 is 0 Å². The summed E-state index contributed by atoms with van der Waals surface area (Å²) < 4.78 is 0. The summed E-state index contributed by atoms with van der Waals surface area (Å²) in [5.74, 6) is 2.34. The third-order valence-corrected chi connectivity index (χ3v) is 6.31. The van der Waals surface area contributed by atoms with Gasteiger partial charge in [-0.15, -0.1) is 0 Å². The van der Waals surface area contributed by atoms with Gasteiger partial charge < -0.3 is 15.5 Å². The van der Waals surface area contributed by atoms with Crippen LogP contribution in [-0.4, -0.2) is 40.0 Å². The summed E-state index contributed by atoms with van der Waals surface area (Å²) >= 11 is 0. The van der Waals surface area contributed by atoms with Crippen LogP contribution in [0.3, 0.4) is 0 Å². The number of anilines is 2. The lowest BCUT2D eigenvalue weighted by molar-refractivity contribution is -0.123. The van der Waals surface area contributed by atoms with E-state index in [-0.39, 0.29) is 5.91 Å². The van der Waals surface area contributed by atoms with Gasteiger partial charge in [-0.05, 0) is 32.1 Å². The van der Waals surface area contributed by atoms with Gasteiger partial charge in [0.05, 0.1) is 0 Å². The second-order valence-electron chi connectivity index (χ2n) is 8.24. The SMILES string of the molecule is CC(C)[C@H](C)Nc1ncc2c(n1)N(C1CCCC1)[C@]1(CCNC1=O)C2. The number of amides is 1. The van der Waals surface area contributed by atoms with Gasteiger partial charge in [0.1, 0.15) is 11.4 Å². The molecule has 1 spiro atoms. The first-order valence-electron chi connectivity index (χ1n) is 9.71. The Morgan fingerprint density at radius 1 is 1.32 bits per heavy atom. The number of hydrogen-bond acceptors (Lipinski definition) is 5. The Bertz CT molecular complexity index is 670. The van der Waals surface area contributed by atoms with E-state index in [9.17, 15) is 4.79 Å². The number of fused-ring (bicyclic) bond motifs is 1. The summed E-state index contributed by atoms with van der Waals surface area (Å²) in [5.41, 5.74) is 0.681. The summed E-state index contributed by atoms with van der Waals surface area (Å²) in [4.78, 5) is 24.5. The number of hydrogen-bond donors (Lipinski definition) is 2. The quantitative estimate of drug-likeness (QED) is 0.879. The molecule has 3 heterocycles. The Morgan fingerprint density at radius 3 is 2.72 bits per heavy atom. The van der Waals surface area contributed by atoms with Crippen LogP contribution in [0.5, 0.6) is 0 Å². The van der Waals surface area contributed by atoms with Gasteiger partial charge >= 0.3 is 0 Å². The maximum absolute atomic E-state index is 12.8. The van der Waals surface area contributed by atoms with Gasteiger partial charge in [0.15, 0.2) is 0 Å². The van der Waals surface area contributed by atoms with Gasteiger partial charge in [0.2, 0.25) is 11.9 Å². The van der Waals surface area contributed by atoms with E-state index in [1.807, 2.05) is 6.20 Å². The molecule has 1 aromatic heterocycles. The topological polar surface area (TPSA) is 70.2 Å². The smallest absolute Gasteiger partial charge is 0.246 e. The van der Waals surface area contributed by atoms with Gasteiger partial charge in [0, 0.05) is 36.8 Å². The minimum Gasteiger partial charge on any atom is -0.354 e. The van der Waals surface area contributed by atoms with E-state index in [0.29, 0.717) is 23.9 Å². The fourth-order valence-electron chi connectivity index (χ4n) is 4.52. The average Bonchev–Trinajstić information content (AvgIpc) is 3.27. The van der Waals surface area contributed by atoms with Crippen LogP contribution in [0.15, 0.2) is 6.20 Å². The van der Waals surface area contributed by atoms with Crippen LogP contribution in [0, 0.1) is 5.92 Å². The van der Waals surface area contributed by atoms with Crippen molar-refractivity contribution in [2.75, 3.05) is 16.8 Å². The molecular weight excluding hydrogens is 314 g/mol. The van der Waals surface area contributed by atoms with Crippen LogP contribution >= 0.6 is 0 Å². The normalized spacial score (nSPS) is 27.2. The summed E-state index contributed by atoms with van der Waals surface area (Å²) in [7, 11) is 0. The maximum Gasteiger partial charge on any atom is 0.246 e. The van der Waals surface area contributed by atoms with Crippen LogP contribution in [0.25, 0.3) is 0 Å². The first-order valence-corrected chi connectivity index (χ1v) is 9.71. The molecule has 2 N–H and O–H groups in total. The van der Waals surface area contributed by atoms with E-state index in [1.54, 1.807) is 0 Å². The second kappa shape index (κ2) is 6.15. The first-order chi connectivity index (χ1) is 12.0. The third kappa shape index (κ3) is 2.66. The molecule has 3 aliphatic rings. The van der Waals surface area contributed by atoms with E-state index < -0.39 is 5.54 Å². The number of rotatable bonds is 4. The molecule has 1 aromatic rings. The molecule has 1 saturated carbocycles. The highest BCUT2D eigenvalue weighted by atomic mass is 16.2. The number of carbonyl (C=O) groups is 1. The van der Waals surface area contributed by atoms with Crippen LogP contribution in [0.4, 0.5) is 11.8 Å². The lowest BCUT2D eigenvalue weighted by Gasteiger charge is -2.38. The Kier molecular flexibility index (Phi) is 4.08. The lowest BCUT2D eigenvalue weighted by atomic mass is 9.91. The molecule has 6 nitrogen and oxygen atoms in total. The second-order valence-corrected chi connectivity index (χ2v) is 8.24. The predicted octanol–water partition coefficient (Wildman–Crippen LogP) is 2.50. The van der Waals surface area contributed by atoms with Crippen LogP contribution in [0.1, 0.15) is 58.4 Å². The fraction of sp³-hybridized carbons (Fsp3) is 0.737. The molecule has 0 radical (unpaired) electrons. The fourth-order valence-corrected chi connectivity index (χ4v) is 4.52. The molecule has 2 fully saturated rings. The van der Waals surface area contributed by atoms with E-state index in [1.165, 1.54) is 12.8 Å². The van der Waals surface area contributed by atoms with Gasteiger partial charge in [-0.2, -0.15) is 4.98 Å². The minimum atomic E-state index is -0.436. The van der Waals surface area contributed by atoms with Crippen molar-refractivity contribution in [2.45, 2.75) is 76.9 Å². The molecular formula is C19H29N5O. The molecule has 1 aliphatic carbocycles. The molecule has 1 saturated heterocycles. The molecule has 0 aromatic carbocycles. The van der Waals surface area contributed by atoms with E-state index in [0.717, 1.165) is 43.6 Å². The van der Waals surface area contributed by atoms with Crippen molar-refractivity contribution in [1.29, 1.82) is 0 Å². The number of nitrogens with zero attached hydrogens (tertiary/aromatic N) is 3. The number of nitrogens with one attached hydrogen (secondary N) is 2. The van der Waals surface area contributed by atoms with Crippen molar-refractivity contribution in [3.63, 3.8) is 0 Å². The van der Waals surface area contributed by atoms with Gasteiger partial charge in [0.25, 0.3) is 0 Å². The Hall–Kier alpha value is -1.85. The zero-order valence-corrected chi connectivity index (χ0v) is 15.5. The molecule has 1 amide bonds. The third-order valence-electron chi connectivity index (χ3n) is 6.31. The zero-order chi connectivity index (χ0) is 17.6. The van der Waals surface area contributed by atoms with Gasteiger partial charge in [-0.25, -0.2) is 4.98 Å². The van der Waals surface area contributed by atoms with Crippen molar-refractivity contribution in [3.8, 4) is 0 Å². The van der Waals surface area contributed by atoms with Gasteiger partial charge in [-0.3, -0.25) is 4.79 Å². The zero-order valence-electron chi connectivity index (χ0n) is 15.5. The van der Waals surface area contributed by atoms with Gasteiger partial charge in [-0.1, -0.05) is 26.7 Å². The molecule has 2 atom stereocenters. The van der Waals surface area contributed by atoms with E-state index in [2.05, 4.69) is 41.3 Å². The minimum absolute atomic E-state index is 0.169. The summed E-state index contributed by atoms with van der Waals surface area (Å²) in [6, 6.07) is 0.735.